The number of amides is 2. The van der Waals surface area contributed by atoms with Crippen molar-refractivity contribution in [3.05, 3.63) is 99.6 Å². The van der Waals surface area contributed by atoms with Crippen LogP contribution >= 0.6 is 0 Å². The van der Waals surface area contributed by atoms with Crippen molar-refractivity contribution in [3.63, 3.8) is 0 Å². The van der Waals surface area contributed by atoms with Crippen molar-refractivity contribution in [3.8, 4) is 11.5 Å². The molecule has 182 valence electrons. The summed E-state index contributed by atoms with van der Waals surface area (Å²) in [5, 5.41) is 16.5. The molecule has 0 saturated carbocycles. The fourth-order valence-electron chi connectivity index (χ4n) is 3.52. The SMILES string of the molecule is COc1ccc(CCNC(=O)C(Cc2ccccc2)NC(=O)c2ccc([N+](=O)[O-])cc2)cc1OC. The summed E-state index contributed by atoms with van der Waals surface area (Å²) >= 11 is 0. The predicted molar refractivity (Wildman–Crippen MR) is 131 cm³/mol. The largest absolute Gasteiger partial charge is 0.493 e. The number of benzene rings is 3. The number of rotatable bonds is 11. The van der Waals surface area contributed by atoms with Gasteiger partial charge in [-0.15, -0.1) is 0 Å². The number of nitro benzene ring substituents is 1. The van der Waals surface area contributed by atoms with Crippen LogP contribution in [-0.2, 0) is 17.6 Å². The second kappa shape index (κ2) is 12.2. The lowest BCUT2D eigenvalue weighted by Gasteiger charge is -2.19. The van der Waals surface area contributed by atoms with Gasteiger partial charge in [0.15, 0.2) is 11.5 Å². The molecule has 2 amide bonds. The van der Waals surface area contributed by atoms with Gasteiger partial charge in [-0.1, -0.05) is 36.4 Å². The third kappa shape index (κ3) is 7.04. The van der Waals surface area contributed by atoms with E-state index >= 15 is 0 Å². The van der Waals surface area contributed by atoms with E-state index in [2.05, 4.69) is 10.6 Å². The zero-order chi connectivity index (χ0) is 25.2. The number of nitrogens with zero attached hydrogens (tertiary/aromatic N) is 1. The van der Waals surface area contributed by atoms with Crippen molar-refractivity contribution in [2.75, 3.05) is 20.8 Å². The number of nitro groups is 1. The van der Waals surface area contributed by atoms with Crippen LogP contribution in [0.25, 0.3) is 0 Å². The summed E-state index contributed by atoms with van der Waals surface area (Å²) in [7, 11) is 3.13. The Bertz CT molecular complexity index is 1170. The van der Waals surface area contributed by atoms with Crippen molar-refractivity contribution in [1.82, 2.24) is 10.6 Å². The molecule has 0 saturated heterocycles. The summed E-state index contributed by atoms with van der Waals surface area (Å²) in [4.78, 5) is 36.1. The van der Waals surface area contributed by atoms with Crippen molar-refractivity contribution in [2.45, 2.75) is 18.9 Å². The van der Waals surface area contributed by atoms with E-state index in [4.69, 9.17) is 9.47 Å². The fourth-order valence-corrected chi connectivity index (χ4v) is 3.52. The lowest BCUT2D eigenvalue weighted by molar-refractivity contribution is -0.384. The van der Waals surface area contributed by atoms with E-state index < -0.39 is 16.9 Å². The molecule has 0 fully saturated rings. The molecule has 0 aliphatic rings. The zero-order valence-corrected chi connectivity index (χ0v) is 19.5. The lowest BCUT2D eigenvalue weighted by Crippen LogP contribution is -2.48. The number of nitrogens with one attached hydrogen (secondary N) is 2. The van der Waals surface area contributed by atoms with E-state index in [1.54, 1.807) is 20.3 Å². The number of non-ortho nitro benzene ring substituents is 1. The highest BCUT2D eigenvalue weighted by Crippen LogP contribution is 2.27. The number of carbonyl (C=O) groups excluding carboxylic acids is 2. The molecule has 0 spiro atoms. The van der Waals surface area contributed by atoms with Gasteiger partial charge in [-0.3, -0.25) is 19.7 Å². The Morgan fingerprint density at radius 3 is 2.23 bits per heavy atom. The molecule has 0 aliphatic heterocycles. The van der Waals surface area contributed by atoms with Crippen LogP contribution in [0.2, 0.25) is 0 Å². The number of hydrogen-bond acceptors (Lipinski definition) is 6. The second-order valence-electron chi connectivity index (χ2n) is 7.75. The van der Waals surface area contributed by atoms with Crippen LogP contribution in [0.15, 0.2) is 72.8 Å². The molecular formula is C26H27N3O6. The monoisotopic (exact) mass is 477 g/mol. The Kier molecular flexibility index (Phi) is 8.77. The van der Waals surface area contributed by atoms with Gasteiger partial charge in [-0.05, 0) is 41.8 Å². The van der Waals surface area contributed by atoms with Crippen LogP contribution in [0, 0.1) is 10.1 Å². The highest BCUT2D eigenvalue weighted by Gasteiger charge is 2.22. The van der Waals surface area contributed by atoms with Crippen LogP contribution < -0.4 is 20.1 Å². The Hall–Kier alpha value is -4.40. The van der Waals surface area contributed by atoms with Crippen LogP contribution in [0.5, 0.6) is 11.5 Å². The predicted octanol–water partition coefficient (Wildman–Crippen LogP) is 3.31. The van der Waals surface area contributed by atoms with Gasteiger partial charge in [0.1, 0.15) is 6.04 Å². The molecule has 9 nitrogen and oxygen atoms in total. The Balaban J connectivity index is 1.67. The zero-order valence-electron chi connectivity index (χ0n) is 19.5. The van der Waals surface area contributed by atoms with Crippen molar-refractivity contribution < 1.29 is 24.0 Å². The number of carbonyl (C=O) groups is 2. The van der Waals surface area contributed by atoms with Gasteiger partial charge in [0.25, 0.3) is 11.6 Å². The summed E-state index contributed by atoms with van der Waals surface area (Å²) in [6.07, 6.45) is 0.849. The molecule has 2 N–H and O–H groups in total. The molecule has 0 aliphatic carbocycles. The topological polar surface area (TPSA) is 120 Å². The molecular weight excluding hydrogens is 450 g/mol. The van der Waals surface area contributed by atoms with E-state index in [9.17, 15) is 19.7 Å². The average molecular weight is 478 g/mol. The number of hydrogen-bond donors (Lipinski definition) is 2. The highest BCUT2D eigenvalue weighted by molar-refractivity contribution is 5.97. The summed E-state index contributed by atoms with van der Waals surface area (Å²) < 4.78 is 10.6. The van der Waals surface area contributed by atoms with Gasteiger partial charge in [-0.2, -0.15) is 0 Å². The number of ether oxygens (including phenoxy) is 2. The summed E-state index contributed by atoms with van der Waals surface area (Å²) in [6, 6.07) is 19.3. The van der Waals surface area contributed by atoms with Crippen molar-refractivity contribution >= 4 is 17.5 Å². The van der Waals surface area contributed by atoms with Gasteiger partial charge >= 0.3 is 0 Å². The fraction of sp³-hybridized carbons (Fsp3) is 0.231. The summed E-state index contributed by atoms with van der Waals surface area (Å²) in [6.45, 7) is 0.354. The highest BCUT2D eigenvalue weighted by atomic mass is 16.6. The molecule has 1 atom stereocenters. The maximum absolute atomic E-state index is 13.0. The first kappa shape index (κ1) is 25.2. The van der Waals surface area contributed by atoms with E-state index in [1.165, 1.54) is 24.3 Å². The smallest absolute Gasteiger partial charge is 0.269 e. The molecule has 0 radical (unpaired) electrons. The minimum absolute atomic E-state index is 0.115. The first-order chi connectivity index (χ1) is 16.9. The van der Waals surface area contributed by atoms with Gasteiger partial charge in [0, 0.05) is 30.7 Å². The summed E-state index contributed by atoms with van der Waals surface area (Å²) in [5.41, 5.74) is 1.95. The third-order valence-corrected chi connectivity index (χ3v) is 5.41. The molecule has 3 rings (SSSR count). The molecule has 0 aromatic heterocycles. The Morgan fingerprint density at radius 2 is 1.60 bits per heavy atom. The first-order valence-electron chi connectivity index (χ1n) is 11.0. The average Bonchev–Trinajstić information content (AvgIpc) is 2.88. The first-order valence-corrected chi connectivity index (χ1v) is 11.0. The van der Waals surface area contributed by atoms with E-state index in [0.29, 0.717) is 30.9 Å². The van der Waals surface area contributed by atoms with E-state index in [-0.39, 0.29) is 17.2 Å². The quantitative estimate of drug-likeness (QED) is 0.323. The van der Waals surface area contributed by atoms with Crippen LogP contribution in [0.4, 0.5) is 5.69 Å². The van der Waals surface area contributed by atoms with Gasteiger partial charge in [-0.25, -0.2) is 0 Å². The molecule has 0 heterocycles. The molecule has 1 unspecified atom stereocenters. The van der Waals surface area contributed by atoms with Gasteiger partial charge in [0.2, 0.25) is 5.91 Å². The molecule has 3 aromatic rings. The minimum atomic E-state index is -0.828. The molecule has 0 bridgehead atoms. The maximum atomic E-state index is 13.0. The van der Waals surface area contributed by atoms with Crippen LogP contribution in [0.3, 0.4) is 0 Å². The molecule has 35 heavy (non-hydrogen) atoms. The Morgan fingerprint density at radius 1 is 0.914 bits per heavy atom. The molecule has 9 heteroatoms. The van der Waals surface area contributed by atoms with Crippen molar-refractivity contribution in [2.24, 2.45) is 0 Å². The summed E-state index contributed by atoms with van der Waals surface area (Å²) in [5.74, 6) is 0.409. The van der Waals surface area contributed by atoms with E-state index in [0.717, 1.165) is 11.1 Å². The second-order valence-corrected chi connectivity index (χ2v) is 7.75. The van der Waals surface area contributed by atoms with Crippen molar-refractivity contribution in [1.29, 1.82) is 0 Å². The van der Waals surface area contributed by atoms with Crippen LogP contribution in [0.1, 0.15) is 21.5 Å². The molecule has 3 aromatic carbocycles. The standard InChI is InChI=1S/C26H27N3O6/c1-34-23-13-8-19(17-24(23)35-2)14-15-27-26(31)22(16-18-6-4-3-5-7-18)28-25(30)20-9-11-21(12-10-20)29(32)33/h3-13,17,22H,14-16H2,1-2H3,(H,27,31)(H,28,30). The lowest BCUT2D eigenvalue weighted by atomic mass is 10.0. The third-order valence-electron chi connectivity index (χ3n) is 5.41. The normalized spacial score (nSPS) is 11.3. The maximum Gasteiger partial charge on any atom is 0.269 e. The van der Waals surface area contributed by atoms with E-state index in [1.807, 2.05) is 42.5 Å². The Labute approximate surface area is 203 Å². The minimum Gasteiger partial charge on any atom is -0.493 e. The number of methoxy groups -OCH3 is 2. The van der Waals surface area contributed by atoms with Gasteiger partial charge < -0.3 is 20.1 Å². The van der Waals surface area contributed by atoms with Gasteiger partial charge in [0.05, 0.1) is 19.1 Å². The van der Waals surface area contributed by atoms with Crippen LogP contribution in [-0.4, -0.2) is 43.5 Å².